The number of fused-ring (bicyclic) bond motifs is 4. The molecule has 5 rings (SSSR count). The second-order valence-corrected chi connectivity index (χ2v) is 7.97. The highest BCUT2D eigenvalue weighted by Gasteiger charge is 2.34. The molecule has 0 saturated carbocycles. The zero-order valence-electron chi connectivity index (χ0n) is 16.6. The van der Waals surface area contributed by atoms with Crippen molar-refractivity contribution in [3.63, 3.8) is 0 Å². The number of benzene rings is 2. The van der Waals surface area contributed by atoms with E-state index in [4.69, 9.17) is 0 Å². The first-order chi connectivity index (χ1) is 14.8. The fraction of sp³-hybridized carbons (Fsp3) is 0.273. The van der Waals surface area contributed by atoms with Crippen molar-refractivity contribution in [3.05, 3.63) is 80.5 Å². The van der Waals surface area contributed by atoms with Crippen LogP contribution >= 0.6 is 0 Å². The van der Waals surface area contributed by atoms with E-state index in [2.05, 4.69) is 10.3 Å². The largest absolute Gasteiger partial charge is 0.324 e. The second kappa shape index (κ2) is 7.12. The summed E-state index contributed by atoms with van der Waals surface area (Å²) in [5.41, 5.74) is 2.26. The van der Waals surface area contributed by atoms with E-state index in [1.165, 1.54) is 17.0 Å². The first-order valence-corrected chi connectivity index (χ1v) is 9.87. The van der Waals surface area contributed by atoms with Crippen LogP contribution < -0.4 is 10.9 Å². The van der Waals surface area contributed by atoms with Crippen LogP contribution in [0.2, 0.25) is 0 Å². The Hall–Kier alpha value is -3.33. The van der Waals surface area contributed by atoms with Crippen LogP contribution in [0.5, 0.6) is 0 Å². The summed E-state index contributed by atoms with van der Waals surface area (Å²) in [6.07, 6.45) is 0. The molecular formula is C22H19F3N4O2. The Balaban J connectivity index is 1.53. The number of hydrogen-bond acceptors (Lipinski definition) is 3. The Bertz CT molecular complexity index is 1290. The van der Waals surface area contributed by atoms with Gasteiger partial charge in [-0.2, -0.15) is 0 Å². The zero-order valence-corrected chi connectivity index (χ0v) is 16.6. The first kappa shape index (κ1) is 19.6. The number of rotatable bonds is 1. The fourth-order valence-corrected chi connectivity index (χ4v) is 4.53. The van der Waals surface area contributed by atoms with Crippen LogP contribution in [0.3, 0.4) is 0 Å². The molecule has 2 aromatic carbocycles. The molecule has 0 bridgehead atoms. The maximum absolute atomic E-state index is 14.0. The van der Waals surface area contributed by atoms with Crippen molar-refractivity contribution in [1.82, 2.24) is 20.1 Å². The molecule has 2 N–H and O–H groups in total. The van der Waals surface area contributed by atoms with Gasteiger partial charge in [-0.3, -0.25) is 4.79 Å². The smallest absolute Gasteiger partial charge is 0.320 e. The topological polar surface area (TPSA) is 68.4 Å². The van der Waals surface area contributed by atoms with Crippen LogP contribution in [0.25, 0.3) is 10.8 Å². The number of nitrogens with zero attached hydrogens (tertiary/aromatic N) is 2. The van der Waals surface area contributed by atoms with Gasteiger partial charge in [-0.15, -0.1) is 0 Å². The maximum atomic E-state index is 14.0. The standard InChI is InChI=1S/C22H19F3N4O2/c1-28(22(31)29-9-11-2-3-13(23)4-12(11)10-29)19-8-26-7-18-20(19)14-5-16(24)17(25)6-15(14)21(30)27-18/h2-6,19,26H,7-10H2,1H3,(H,27,30)/t19-/m0/s1. The number of H-pyrrole nitrogens is 1. The third-order valence-corrected chi connectivity index (χ3v) is 6.09. The van der Waals surface area contributed by atoms with E-state index in [-0.39, 0.29) is 29.2 Å². The molecule has 1 atom stereocenters. The quantitative estimate of drug-likeness (QED) is 0.626. The molecule has 2 amide bonds. The molecule has 0 saturated heterocycles. The highest BCUT2D eigenvalue weighted by atomic mass is 19.2. The number of carbonyl (C=O) groups is 1. The number of aromatic amines is 1. The molecule has 0 radical (unpaired) electrons. The van der Waals surface area contributed by atoms with E-state index in [0.29, 0.717) is 30.9 Å². The summed E-state index contributed by atoms with van der Waals surface area (Å²) in [6.45, 7) is 1.37. The van der Waals surface area contributed by atoms with Gasteiger partial charge in [0.05, 0.1) is 11.4 Å². The van der Waals surface area contributed by atoms with Crippen molar-refractivity contribution in [2.24, 2.45) is 0 Å². The summed E-state index contributed by atoms with van der Waals surface area (Å²) in [5.74, 6) is -2.50. The van der Waals surface area contributed by atoms with E-state index in [1.807, 2.05) is 0 Å². The molecule has 3 aromatic rings. The van der Waals surface area contributed by atoms with E-state index >= 15 is 0 Å². The number of amides is 2. The van der Waals surface area contributed by atoms with Crippen molar-refractivity contribution in [2.75, 3.05) is 13.6 Å². The summed E-state index contributed by atoms with van der Waals surface area (Å²) in [7, 11) is 1.63. The van der Waals surface area contributed by atoms with Crippen molar-refractivity contribution < 1.29 is 18.0 Å². The number of nitrogens with one attached hydrogen (secondary N) is 2. The Morgan fingerprint density at radius 1 is 1.06 bits per heavy atom. The molecular weight excluding hydrogens is 409 g/mol. The molecule has 0 unspecified atom stereocenters. The third-order valence-electron chi connectivity index (χ3n) is 6.09. The Labute approximate surface area is 175 Å². The Morgan fingerprint density at radius 3 is 2.55 bits per heavy atom. The summed E-state index contributed by atoms with van der Waals surface area (Å²) in [4.78, 5) is 31.5. The lowest BCUT2D eigenvalue weighted by molar-refractivity contribution is 0.143. The summed E-state index contributed by atoms with van der Waals surface area (Å²) < 4.78 is 41.4. The van der Waals surface area contributed by atoms with Gasteiger partial charge in [0.15, 0.2) is 11.6 Å². The van der Waals surface area contributed by atoms with Gasteiger partial charge in [-0.05, 0) is 40.8 Å². The Kier molecular flexibility index (Phi) is 4.51. The van der Waals surface area contributed by atoms with Crippen LogP contribution in [0.15, 0.2) is 35.1 Å². The molecule has 2 aliphatic rings. The van der Waals surface area contributed by atoms with Gasteiger partial charge in [0, 0.05) is 44.5 Å². The number of halogens is 3. The van der Waals surface area contributed by atoms with Crippen molar-refractivity contribution in [1.29, 1.82) is 0 Å². The lowest BCUT2D eigenvalue weighted by atomic mass is 9.94. The molecule has 31 heavy (non-hydrogen) atoms. The van der Waals surface area contributed by atoms with Crippen LogP contribution in [0, 0.1) is 17.5 Å². The van der Waals surface area contributed by atoms with Gasteiger partial charge in [-0.25, -0.2) is 18.0 Å². The van der Waals surface area contributed by atoms with Crippen molar-refractivity contribution in [3.8, 4) is 0 Å². The lowest BCUT2D eigenvalue weighted by Gasteiger charge is -2.36. The van der Waals surface area contributed by atoms with Crippen LogP contribution in [0.1, 0.15) is 28.4 Å². The predicted molar refractivity (Wildman–Crippen MR) is 108 cm³/mol. The van der Waals surface area contributed by atoms with E-state index in [1.54, 1.807) is 18.0 Å². The SMILES string of the molecule is CN(C(=O)N1Cc2ccc(F)cc2C1)[C@H]1CNCc2[nH]c(=O)c3cc(F)c(F)cc3c21. The van der Waals surface area contributed by atoms with Crippen LogP contribution in [0.4, 0.5) is 18.0 Å². The normalized spacial score (nSPS) is 17.5. The van der Waals surface area contributed by atoms with Crippen molar-refractivity contribution in [2.45, 2.75) is 25.7 Å². The predicted octanol–water partition coefficient (Wildman–Crippen LogP) is 3.16. The maximum Gasteiger partial charge on any atom is 0.320 e. The number of urea groups is 1. The van der Waals surface area contributed by atoms with E-state index in [0.717, 1.165) is 23.3 Å². The monoisotopic (exact) mass is 428 g/mol. The number of aromatic nitrogens is 1. The highest BCUT2D eigenvalue weighted by Crippen LogP contribution is 2.33. The van der Waals surface area contributed by atoms with Gasteiger partial charge in [-0.1, -0.05) is 6.07 Å². The lowest BCUT2D eigenvalue weighted by Crippen LogP contribution is -2.46. The van der Waals surface area contributed by atoms with Crippen LogP contribution in [-0.4, -0.2) is 34.4 Å². The van der Waals surface area contributed by atoms with Crippen LogP contribution in [-0.2, 0) is 19.6 Å². The summed E-state index contributed by atoms with van der Waals surface area (Å²) in [6, 6.07) is 5.58. The minimum Gasteiger partial charge on any atom is -0.324 e. The summed E-state index contributed by atoms with van der Waals surface area (Å²) >= 11 is 0. The summed E-state index contributed by atoms with van der Waals surface area (Å²) in [5, 5.41) is 3.48. The van der Waals surface area contributed by atoms with Gasteiger partial charge < -0.3 is 20.1 Å². The molecule has 1 aromatic heterocycles. The minimum atomic E-state index is -1.10. The fourth-order valence-electron chi connectivity index (χ4n) is 4.53. The van der Waals surface area contributed by atoms with Gasteiger partial charge in [0.25, 0.3) is 5.56 Å². The molecule has 6 nitrogen and oxygen atoms in total. The molecule has 160 valence electrons. The zero-order chi connectivity index (χ0) is 21.9. The number of pyridine rings is 1. The van der Waals surface area contributed by atoms with E-state index < -0.39 is 23.2 Å². The molecule has 0 fully saturated rings. The Morgan fingerprint density at radius 2 is 1.77 bits per heavy atom. The van der Waals surface area contributed by atoms with Crippen molar-refractivity contribution >= 4 is 16.8 Å². The van der Waals surface area contributed by atoms with Gasteiger partial charge in [0.1, 0.15) is 5.82 Å². The second-order valence-electron chi connectivity index (χ2n) is 7.97. The third kappa shape index (κ3) is 3.16. The molecule has 2 aliphatic heterocycles. The molecule has 0 aliphatic carbocycles. The average Bonchev–Trinajstić information content (AvgIpc) is 3.17. The molecule has 3 heterocycles. The van der Waals surface area contributed by atoms with Gasteiger partial charge in [0.2, 0.25) is 0 Å². The number of hydrogen-bond donors (Lipinski definition) is 2. The number of likely N-dealkylation sites (N-methyl/N-ethyl adjacent to an activating group) is 1. The number of carbonyl (C=O) groups excluding carboxylic acids is 1. The van der Waals surface area contributed by atoms with E-state index in [9.17, 15) is 22.8 Å². The average molecular weight is 428 g/mol. The first-order valence-electron chi connectivity index (χ1n) is 9.87. The highest BCUT2D eigenvalue weighted by molar-refractivity contribution is 5.87. The van der Waals surface area contributed by atoms with Gasteiger partial charge >= 0.3 is 6.03 Å². The molecule has 0 spiro atoms. The minimum absolute atomic E-state index is 0.0365. The molecule has 9 heteroatoms.